The van der Waals surface area contributed by atoms with Gasteiger partial charge in [-0.15, -0.1) is 0 Å². The van der Waals surface area contributed by atoms with Crippen molar-refractivity contribution in [3.63, 3.8) is 0 Å². The second-order valence-corrected chi connectivity index (χ2v) is 3.46. The van der Waals surface area contributed by atoms with E-state index in [0.717, 1.165) is 5.56 Å². The molecular weight excluding hydrogens is 228 g/mol. The summed E-state index contributed by atoms with van der Waals surface area (Å²) in [7, 11) is 0. The minimum Gasteiger partial charge on any atom is -0.479 e. The van der Waals surface area contributed by atoms with Gasteiger partial charge in [-0.25, -0.2) is 9.59 Å². The summed E-state index contributed by atoms with van der Waals surface area (Å²) < 4.78 is 4.69. The van der Waals surface area contributed by atoms with Crippen molar-refractivity contribution >= 4 is 11.9 Å². The van der Waals surface area contributed by atoms with E-state index in [1.54, 1.807) is 12.1 Å². The van der Waals surface area contributed by atoms with E-state index < -0.39 is 24.1 Å². The van der Waals surface area contributed by atoms with Crippen molar-refractivity contribution in [2.24, 2.45) is 0 Å². The van der Waals surface area contributed by atoms with Crippen LogP contribution in [0.15, 0.2) is 24.3 Å². The Morgan fingerprint density at radius 2 is 1.65 bits per heavy atom. The lowest BCUT2D eigenvalue weighted by Crippen LogP contribution is -2.41. The summed E-state index contributed by atoms with van der Waals surface area (Å²) in [5.41, 5.74) is 0.955. The number of carbonyl (C=O) groups is 2. The Bertz CT molecular complexity index is 410. The minimum atomic E-state index is -2.20. The molecule has 0 aliphatic carbocycles. The van der Waals surface area contributed by atoms with Crippen LogP contribution >= 0.6 is 0 Å². The lowest BCUT2D eigenvalue weighted by molar-refractivity contribution is -0.164. The van der Waals surface area contributed by atoms with E-state index in [0.29, 0.717) is 0 Å². The number of esters is 1. The lowest BCUT2D eigenvalue weighted by Gasteiger charge is -2.12. The molecule has 92 valence electrons. The standard InChI is InChI=1S/C11H12O6/c1-6-2-4-7(5-3-6)17-11(16)9(13)8(12)10(14)15/h2-5,8-9,12-13H,1H3,(H,14,15). The molecule has 3 N–H and O–H groups in total. The van der Waals surface area contributed by atoms with Crippen molar-refractivity contribution in [1.29, 1.82) is 0 Å². The van der Waals surface area contributed by atoms with Crippen molar-refractivity contribution in [2.45, 2.75) is 19.1 Å². The van der Waals surface area contributed by atoms with Crippen molar-refractivity contribution in [3.05, 3.63) is 29.8 Å². The lowest BCUT2D eigenvalue weighted by atomic mass is 10.2. The fourth-order valence-electron chi connectivity index (χ4n) is 1.05. The average molecular weight is 240 g/mol. The van der Waals surface area contributed by atoms with Crippen LogP contribution in [0.1, 0.15) is 5.56 Å². The molecule has 1 aromatic rings. The third-order valence-corrected chi connectivity index (χ3v) is 2.03. The highest BCUT2D eigenvalue weighted by molar-refractivity contribution is 5.85. The van der Waals surface area contributed by atoms with E-state index in [9.17, 15) is 9.59 Å². The summed E-state index contributed by atoms with van der Waals surface area (Å²) in [6.45, 7) is 1.84. The third-order valence-electron chi connectivity index (χ3n) is 2.03. The van der Waals surface area contributed by atoms with Crippen LogP contribution in [0.25, 0.3) is 0 Å². The van der Waals surface area contributed by atoms with E-state index >= 15 is 0 Å². The first-order valence-corrected chi connectivity index (χ1v) is 4.79. The van der Waals surface area contributed by atoms with Gasteiger partial charge in [0.05, 0.1) is 0 Å². The van der Waals surface area contributed by atoms with Crippen molar-refractivity contribution < 1.29 is 29.6 Å². The molecule has 1 aromatic carbocycles. The Balaban J connectivity index is 2.66. The second kappa shape index (κ2) is 5.42. The molecule has 0 saturated carbocycles. The number of hydrogen-bond acceptors (Lipinski definition) is 5. The average Bonchev–Trinajstić information content (AvgIpc) is 2.30. The molecule has 0 bridgehead atoms. The molecule has 1 rings (SSSR count). The topological polar surface area (TPSA) is 104 Å². The number of hydrogen-bond donors (Lipinski definition) is 3. The second-order valence-electron chi connectivity index (χ2n) is 3.46. The molecule has 0 amide bonds. The maximum absolute atomic E-state index is 11.2. The van der Waals surface area contributed by atoms with E-state index in [1.807, 2.05) is 6.92 Å². The number of aliphatic hydroxyl groups excluding tert-OH is 2. The molecule has 2 unspecified atom stereocenters. The quantitative estimate of drug-likeness (QED) is 0.493. The van der Waals surface area contributed by atoms with Gasteiger partial charge in [-0.2, -0.15) is 0 Å². The van der Waals surface area contributed by atoms with Gasteiger partial charge in [-0.1, -0.05) is 17.7 Å². The maximum atomic E-state index is 11.2. The van der Waals surface area contributed by atoms with Crippen molar-refractivity contribution in [1.82, 2.24) is 0 Å². The first-order valence-electron chi connectivity index (χ1n) is 4.79. The smallest absolute Gasteiger partial charge is 0.343 e. The molecule has 6 nitrogen and oxygen atoms in total. The maximum Gasteiger partial charge on any atom is 0.343 e. The van der Waals surface area contributed by atoms with Crippen molar-refractivity contribution in [2.75, 3.05) is 0 Å². The highest BCUT2D eigenvalue weighted by Gasteiger charge is 2.31. The highest BCUT2D eigenvalue weighted by atomic mass is 16.6. The number of carboxylic acid groups (broad SMARTS) is 1. The molecule has 0 spiro atoms. The molecule has 0 heterocycles. The van der Waals surface area contributed by atoms with Gasteiger partial charge < -0.3 is 20.1 Å². The highest BCUT2D eigenvalue weighted by Crippen LogP contribution is 2.12. The molecule has 0 aliphatic heterocycles. The largest absolute Gasteiger partial charge is 0.479 e. The monoisotopic (exact) mass is 240 g/mol. The van der Waals surface area contributed by atoms with Crippen LogP contribution in [0, 0.1) is 6.92 Å². The molecular formula is C11H12O6. The summed E-state index contributed by atoms with van der Waals surface area (Å²) in [6, 6.07) is 6.35. The summed E-state index contributed by atoms with van der Waals surface area (Å²) in [5, 5.41) is 26.5. The Labute approximate surface area is 97.1 Å². The van der Waals surface area contributed by atoms with Crippen LogP contribution in [0.3, 0.4) is 0 Å². The Hall–Kier alpha value is -1.92. The van der Waals surface area contributed by atoms with Gasteiger partial charge in [0.2, 0.25) is 0 Å². The van der Waals surface area contributed by atoms with Gasteiger partial charge in [0.15, 0.2) is 12.2 Å². The molecule has 6 heteroatoms. The van der Waals surface area contributed by atoms with Crippen LogP contribution in [0.2, 0.25) is 0 Å². The number of aliphatic carboxylic acids is 1. The molecule has 0 aliphatic rings. The van der Waals surface area contributed by atoms with Gasteiger partial charge in [0.25, 0.3) is 0 Å². The fourth-order valence-corrected chi connectivity index (χ4v) is 1.05. The van der Waals surface area contributed by atoms with E-state index in [-0.39, 0.29) is 5.75 Å². The summed E-state index contributed by atoms with van der Waals surface area (Å²) in [4.78, 5) is 21.6. The van der Waals surface area contributed by atoms with Gasteiger partial charge >= 0.3 is 11.9 Å². The van der Waals surface area contributed by atoms with Gasteiger partial charge in [0, 0.05) is 0 Å². The summed E-state index contributed by atoms with van der Waals surface area (Å²) in [6.07, 6.45) is -4.32. The van der Waals surface area contributed by atoms with Crippen LogP contribution in [0.5, 0.6) is 5.75 Å². The number of carboxylic acids is 1. The molecule has 0 radical (unpaired) electrons. The first-order chi connectivity index (χ1) is 7.91. The van der Waals surface area contributed by atoms with Crippen LogP contribution in [-0.2, 0) is 9.59 Å². The Morgan fingerprint density at radius 3 is 2.12 bits per heavy atom. The number of aliphatic hydroxyl groups is 2. The fraction of sp³-hybridized carbons (Fsp3) is 0.273. The molecule has 0 fully saturated rings. The van der Waals surface area contributed by atoms with Gasteiger partial charge in [-0.05, 0) is 19.1 Å². The van der Waals surface area contributed by atoms with Crippen molar-refractivity contribution in [3.8, 4) is 5.75 Å². The zero-order valence-corrected chi connectivity index (χ0v) is 9.03. The van der Waals surface area contributed by atoms with Crippen LogP contribution in [0.4, 0.5) is 0 Å². The zero-order valence-electron chi connectivity index (χ0n) is 9.03. The predicted molar refractivity (Wildman–Crippen MR) is 56.5 cm³/mol. The summed E-state index contributed by atoms with van der Waals surface area (Å²) >= 11 is 0. The van der Waals surface area contributed by atoms with E-state index in [2.05, 4.69) is 0 Å². The molecule has 2 atom stereocenters. The number of benzene rings is 1. The third kappa shape index (κ3) is 3.54. The van der Waals surface area contributed by atoms with E-state index in [4.69, 9.17) is 20.1 Å². The van der Waals surface area contributed by atoms with E-state index in [1.165, 1.54) is 12.1 Å². The Morgan fingerprint density at radius 1 is 1.12 bits per heavy atom. The summed E-state index contributed by atoms with van der Waals surface area (Å²) in [5.74, 6) is -2.75. The number of rotatable bonds is 4. The zero-order chi connectivity index (χ0) is 13.0. The van der Waals surface area contributed by atoms with Crippen LogP contribution < -0.4 is 4.74 Å². The number of carbonyl (C=O) groups excluding carboxylic acids is 1. The predicted octanol–water partition coefficient (Wildman–Crippen LogP) is -0.293. The number of ether oxygens (including phenoxy) is 1. The number of aryl methyl sites for hydroxylation is 1. The van der Waals surface area contributed by atoms with Crippen LogP contribution in [-0.4, -0.2) is 39.5 Å². The molecule has 0 saturated heterocycles. The normalized spacial score (nSPS) is 13.8. The Kier molecular flexibility index (Phi) is 4.19. The minimum absolute atomic E-state index is 0.164. The molecule has 17 heavy (non-hydrogen) atoms. The SMILES string of the molecule is Cc1ccc(OC(=O)C(O)C(O)C(=O)O)cc1. The van der Waals surface area contributed by atoms with Gasteiger partial charge in [-0.3, -0.25) is 0 Å². The van der Waals surface area contributed by atoms with Gasteiger partial charge in [0.1, 0.15) is 5.75 Å². The molecule has 0 aromatic heterocycles. The first kappa shape index (κ1) is 13.1.